The fourth-order valence-electron chi connectivity index (χ4n) is 6.03. The Morgan fingerprint density at radius 1 is 0.591 bits per heavy atom. The minimum Gasteiger partial charge on any atom is -0.504 e. The fourth-order valence-corrected chi connectivity index (χ4v) is 6.03. The summed E-state index contributed by atoms with van der Waals surface area (Å²) in [5.74, 6) is -7.93. The topological polar surface area (TPSA) is 328 Å². The van der Waals surface area contributed by atoms with Crippen LogP contribution in [-0.2, 0) is 9.59 Å². The predicted octanol–water partition coefficient (Wildman–Crippen LogP) is 5.65. The van der Waals surface area contributed by atoms with Crippen LogP contribution in [0.15, 0.2) is 97.1 Å². The number of nitro benzene ring substituents is 1. The lowest BCUT2D eigenvalue weighted by Crippen LogP contribution is -2.46. The lowest BCUT2D eigenvalue weighted by molar-refractivity contribution is -0.386. The van der Waals surface area contributed by atoms with Crippen molar-refractivity contribution in [2.45, 2.75) is 52.4 Å². The minimum atomic E-state index is -1.46. The highest BCUT2D eigenvalue weighted by Crippen LogP contribution is 2.41. The Balaban J connectivity index is 1.22. The Morgan fingerprint density at radius 3 is 1.50 bits per heavy atom. The molecule has 0 saturated heterocycles. The third kappa shape index (κ3) is 12.1. The van der Waals surface area contributed by atoms with E-state index in [0.29, 0.717) is 0 Å². The summed E-state index contributed by atoms with van der Waals surface area (Å²) >= 11 is 0. The van der Waals surface area contributed by atoms with Gasteiger partial charge in [0.1, 0.15) is 6.04 Å². The van der Waals surface area contributed by atoms with Crippen LogP contribution in [0.4, 0.5) is 28.4 Å². The molecule has 0 aliphatic heterocycles. The molecule has 342 valence electrons. The van der Waals surface area contributed by atoms with Gasteiger partial charge in [0, 0.05) is 34.3 Å². The zero-order chi connectivity index (χ0) is 48.4. The van der Waals surface area contributed by atoms with E-state index < -0.39 is 93.9 Å². The largest absolute Gasteiger partial charge is 0.504 e. The Kier molecular flexibility index (Phi) is 15.2. The molecule has 0 aliphatic carbocycles. The van der Waals surface area contributed by atoms with Gasteiger partial charge in [0.25, 0.3) is 23.6 Å². The van der Waals surface area contributed by atoms with Gasteiger partial charge >= 0.3 is 11.7 Å². The first-order chi connectivity index (χ1) is 31.2. The number of anilines is 4. The summed E-state index contributed by atoms with van der Waals surface area (Å²) in [6.45, 7) is 6.49. The normalized spacial score (nSPS) is 11.2. The van der Waals surface area contributed by atoms with Gasteiger partial charge in [0.2, 0.25) is 17.6 Å². The van der Waals surface area contributed by atoms with Crippen LogP contribution in [0.3, 0.4) is 0 Å². The van der Waals surface area contributed by atoms with E-state index >= 15 is 0 Å². The van der Waals surface area contributed by atoms with Crippen LogP contribution in [0, 0.1) is 10.1 Å². The number of ether oxygens (including phenoxy) is 2. The van der Waals surface area contributed by atoms with Crippen molar-refractivity contribution in [1.29, 1.82) is 0 Å². The number of carboxylic acid groups (broad SMARTS) is 1. The number of amides is 6. The van der Waals surface area contributed by atoms with Crippen molar-refractivity contribution >= 4 is 69.8 Å². The van der Waals surface area contributed by atoms with E-state index in [-0.39, 0.29) is 56.3 Å². The summed E-state index contributed by atoms with van der Waals surface area (Å²) in [5.41, 5.74) is 5.02. The fraction of sp³-hybridized carbons (Fsp3) is 0.178. The number of rotatable bonds is 18. The van der Waals surface area contributed by atoms with Gasteiger partial charge in [-0.05, 0) is 119 Å². The number of aromatic hydroxyl groups is 2. The Hall–Kier alpha value is -9.01. The third-order valence-corrected chi connectivity index (χ3v) is 9.12. The molecule has 0 unspecified atom stereocenters. The van der Waals surface area contributed by atoms with E-state index in [4.69, 9.17) is 20.3 Å². The number of hydrogen-bond donors (Lipinski definition) is 9. The van der Waals surface area contributed by atoms with Crippen molar-refractivity contribution in [2.24, 2.45) is 5.73 Å². The van der Waals surface area contributed by atoms with Gasteiger partial charge in [-0.25, -0.2) is 4.79 Å². The van der Waals surface area contributed by atoms with Crippen LogP contribution in [0.5, 0.6) is 23.0 Å². The molecular formula is C45H43N7O14. The van der Waals surface area contributed by atoms with Crippen molar-refractivity contribution in [3.63, 3.8) is 0 Å². The average Bonchev–Trinajstić information content (AvgIpc) is 3.25. The number of carbonyl (C=O) groups is 7. The number of nitro groups is 1. The highest BCUT2D eigenvalue weighted by molar-refractivity contribution is 6.10. The lowest BCUT2D eigenvalue weighted by Gasteiger charge is -2.19. The molecule has 5 rings (SSSR count). The first-order valence-corrected chi connectivity index (χ1v) is 19.8. The highest BCUT2D eigenvalue weighted by Gasteiger charge is 2.28. The summed E-state index contributed by atoms with van der Waals surface area (Å²) in [4.78, 5) is 99.7. The molecule has 0 spiro atoms. The summed E-state index contributed by atoms with van der Waals surface area (Å²) < 4.78 is 11.1. The number of phenols is 2. The van der Waals surface area contributed by atoms with Crippen LogP contribution < -0.4 is 41.8 Å². The molecule has 0 bridgehead atoms. The number of nitrogens with zero attached hydrogens (tertiary/aromatic N) is 1. The summed E-state index contributed by atoms with van der Waals surface area (Å²) in [6, 6.07) is 19.3. The molecule has 5 aromatic carbocycles. The van der Waals surface area contributed by atoms with E-state index in [0.717, 1.165) is 12.1 Å². The standard InChI is InChI=1S/C45H43N7O14/c1-22(2)65-38-32(19-17-30(36(38)54)42(58)48-28-15-9-26(10-16-28)45(61)62)50-40(56)24-7-13-29(14-8-24)49-44(60)33(21-35(46)53)51-41(57)25-5-11-27(12-6-25)47-43(59)31-18-20-34(52(63)64)39(37(31)55)66-23(3)4/h5-20,22-23,33,54-55H,21H2,1-4H3,(H2,46,53)(H,47,59)(H,48,58)(H,49,60)(H,50,56)(H,51,57)(H,61,62)/t33-/m0/s1. The van der Waals surface area contributed by atoms with E-state index in [1.165, 1.54) is 84.9 Å². The molecule has 1 atom stereocenters. The van der Waals surface area contributed by atoms with Gasteiger partial charge in [-0.1, -0.05) is 0 Å². The van der Waals surface area contributed by atoms with E-state index in [2.05, 4.69) is 26.6 Å². The SMILES string of the molecule is CC(C)Oc1c(NC(=O)c2ccc(NC(=O)[C@H](CC(N)=O)NC(=O)c3ccc(NC(=O)c4ccc([N+](=O)[O-])c(OC(C)C)c4O)cc3)cc2)ccc(C(=O)Nc2ccc(C(=O)O)cc2)c1O. The summed E-state index contributed by atoms with van der Waals surface area (Å²) in [7, 11) is 0. The van der Waals surface area contributed by atoms with Gasteiger partial charge < -0.3 is 57.1 Å². The molecule has 5 aromatic rings. The quantitative estimate of drug-likeness (QED) is 0.0379. The number of carboxylic acids is 1. The smallest absolute Gasteiger partial charge is 0.335 e. The number of aromatic carboxylic acids is 1. The van der Waals surface area contributed by atoms with Crippen LogP contribution in [0.1, 0.15) is 85.9 Å². The first-order valence-electron chi connectivity index (χ1n) is 19.8. The Bertz CT molecular complexity index is 2700. The third-order valence-electron chi connectivity index (χ3n) is 9.12. The second kappa shape index (κ2) is 20.9. The predicted molar refractivity (Wildman–Crippen MR) is 238 cm³/mol. The van der Waals surface area contributed by atoms with E-state index in [1.807, 2.05) is 0 Å². The molecule has 0 radical (unpaired) electrons. The van der Waals surface area contributed by atoms with Crippen molar-refractivity contribution in [3.8, 4) is 23.0 Å². The number of phenolic OH excluding ortho intramolecular Hbond substituents is 2. The molecule has 6 amide bonds. The maximum atomic E-state index is 13.3. The molecular weight excluding hydrogens is 863 g/mol. The second-order valence-electron chi connectivity index (χ2n) is 14.8. The van der Waals surface area contributed by atoms with Gasteiger partial charge in [0.15, 0.2) is 17.2 Å². The molecule has 0 heterocycles. The van der Waals surface area contributed by atoms with Crippen LogP contribution >= 0.6 is 0 Å². The van der Waals surface area contributed by atoms with Crippen molar-refractivity contribution < 1.29 is 63.3 Å². The molecule has 21 nitrogen and oxygen atoms in total. The van der Waals surface area contributed by atoms with Crippen LogP contribution in [0.25, 0.3) is 0 Å². The Morgan fingerprint density at radius 2 is 1.03 bits per heavy atom. The monoisotopic (exact) mass is 905 g/mol. The number of nitrogens with one attached hydrogen (secondary N) is 5. The second-order valence-corrected chi connectivity index (χ2v) is 14.8. The number of benzene rings is 5. The summed E-state index contributed by atoms with van der Waals surface area (Å²) in [6.07, 6.45) is -1.66. The number of primary amides is 1. The number of hydrogen-bond acceptors (Lipinski definition) is 13. The molecule has 21 heteroatoms. The minimum absolute atomic E-state index is 0.00823. The maximum absolute atomic E-state index is 13.3. The number of carbonyl (C=O) groups excluding carboxylic acids is 6. The zero-order valence-electron chi connectivity index (χ0n) is 35.5. The first kappa shape index (κ1) is 48.0. The van der Waals surface area contributed by atoms with Crippen molar-refractivity contribution in [2.75, 3.05) is 21.3 Å². The Labute approximate surface area is 375 Å². The van der Waals surface area contributed by atoms with E-state index in [1.54, 1.807) is 27.7 Å². The van der Waals surface area contributed by atoms with Crippen LogP contribution in [-0.4, -0.2) is 79.9 Å². The van der Waals surface area contributed by atoms with Gasteiger partial charge in [-0.3, -0.25) is 38.9 Å². The maximum Gasteiger partial charge on any atom is 0.335 e. The van der Waals surface area contributed by atoms with Gasteiger partial charge in [0.05, 0.1) is 45.9 Å². The molecule has 10 N–H and O–H groups in total. The molecule has 0 aliphatic rings. The van der Waals surface area contributed by atoms with Crippen LogP contribution in [0.2, 0.25) is 0 Å². The van der Waals surface area contributed by atoms with Crippen molar-refractivity contribution in [1.82, 2.24) is 5.32 Å². The molecule has 0 saturated carbocycles. The average molecular weight is 906 g/mol. The molecule has 0 fully saturated rings. The highest BCUT2D eigenvalue weighted by atomic mass is 16.6. The number of nitrogens with two attached hydrogens (primary N) is 1. The zero-order valence-corrected chi connectivity index (χ0v) is 35.5. The summed E-state index contributed by atoms with van der Waals surface area (Å²) in [5, 5.41) is 55.0. The molecule has 66 heavy (non-hydrogen) atoms. The van der Waals surface area contributed by atoms with E-state index in [9.17, 15) is 53.9 Å². The van der Waals surface area contributed by atoms with Gasteiger partial charge in [-0.15, -0.1) is 0 Å². The van der Waals surface area contributed by atoms with Crippen molar-refractivity contribution in [3.05, 3.63) is 135 Å². The molecule has 0 aromatic heterocycles. The lowest BCUT2D eigenvalue weighted by atomic mass is 10.1. The van der Waals surface area contributed by atoms with Gasteiger partial charge in [-0.2, -0.15) is 0 Å².